The van der Waals surface area contributed by atoms with E-state index in [-0.39, 0.29) is 5.54 Å². The monoisotopic (exact) mass is 315 g/mol. The number of carboxylic acid groups (broad SMARTS) is 1. The van der Waals surface area contributed by atoms with Crippen molar-refractivity contribution < 1.29 is 9.90 Å². The van der Waals surface area contributed by atoms with Crippen LogP contribution in [0, 0.1) is 0 Å². The zero-order valence-corrected chi connectivity index (χ0v) is 14.9. The molecule has 1 rings (SSSR count). The van der Waals surface area contributed by atoms with Crippen molar-refractivity contribution >= 4 is 5.97 Å². The molecule has 2 N–H and O–H groups in total. The summed E-state index contributed by atoms with van der Waals surface area (Å²) in [5.74, 6) is -0.918. The van der Waals surface area contributed by atoms with E-state index in [9.17, 15) is 4.79 Å². The molecular formula is C20H29NO2. The second-order valence-corrected chi connectivity index (χ2v) is 6.46. The molecule has 1 aliphatic rings. The van der Waals surface area contributed by atoms with Crippen LogP contribution in [0.2, 0.25) is 0 Å². The van der Waals surface area contributed by atoms with Crippen molar-refractivity contribution in [3.05, 3.63) is 58.7 Å². The van der Waals surface area contributed by atoms with Crippen molar-refractivity contribution in [2.24, 2.45) is 0 Å². The molecule has 0 saturated carbocycles. The number of aliphatic carboxylic acids is 1. The lowest BCUT2D eigenvalue weighted by atomic mass is 9.78. The topological polar surface area (TPSA) is 49.3 Å². The highest BCUT2D eigenvalue weighted by Gasteiger charge is 2.29. The maximum absolute atomic E-state index is 10.6. The molecule has 0 heterocycles. The van der Waals surface area contributed by atoms with E-state index in [0.717, 1.165) is 17.6 Å². The molecule has 0 bridgehead atoms. The molecule has 0 saturated heterocycles. The molecule has 0 fully saturated rings. The van der Waals surface area contributed by atoms with Gasteiger partial charge in [0.1, 0.15) is 0 Å². The lowest BCUT2D eigenvalue weighted by Gasteiger charge is -2.36. The first-order valence-electron chi connectivity index (χ1n) is 8.12. The maximum atomic E-state index is 10.6. The fraction of sp³-hybridized carbons (Fsp3) is 0.450. The normalized spacial score (nSPS) is 24.0. The van der Waals surface area contributed by atoms with E-state index >= 15 is 0 Å². The Morgan fingerprint density at radius 2 is 1.96 bits per heavy atom. The van der Waals surface area contributed by atoms with Crippen molar-refractivity contribution in [2.75, 3.05) is 7.05 Å². The SMILES string of the molecule is CN[C@]1(C)CCCC(C)=C1/C=C/C(C)=C/C=C/C(C)=C/C(=O)O. The first-order chi connectivity index (χ1) is 10.8. The molecule has 1 aliphatic carbocycles. The lowest BCUT2D eigenvalue weighted by molar-refractivity contribution is -0.131. The van der Waals surface area contributed by atoms with Crippen LogP contribution in [0.4, 0.5) is 0 Å². The lowest BCUT2D eigenvalue weighted by Crippen LogP contribution is -2.43. The van der Waals surface area contributed by atoms with Gasteiger partial charge in [-0.15, -0.1) is 0 Å². The highest BCUT2D eigenvalue weighted by atomic mass is 16.4. The van der Waals surface area contributed by atoms with Gasteiger partial charge in [0.25, 0.3) is 0 Å². The molecule has 0 aromatic carbocycles. The Morgan fingerprint density at radius 3 is 2.57 bits per heavy atom. The Kier molecular flexibility index (Phi) is 7.24. The van der Waals surface area contributed by atoms with Crippen LogP contribution in [0.15, 0.2) is 58.7 Å². The van der Waals surface area contributed by atoms with Gasteiger partial charge in [0.05, 0.1) is 0 Å². The summed E-state index contributed by atoms with van der Waals surface area (Å²) in [6.45, 7) is 8.30. The van der Waals surface area contributed by atoms with Gasteiger partial charge in [-0.25, -0.2) is 4.79 Å². The summed E-state index contributed by atoms with van der Waals surface area (Å²) in [6.07, 6.45) is 14.8. The van der Waals surface area contributed by atoms with Gasteiger partial charge in [-0.1, -0.05) is 41.5 Å². The van der Waals surface area contributed by atoms with Crippen molar-refractivity contribution in [1.82, 2.24) is 5.32 Å². The number of allylic oxidation sites excluding steroid dienone is 7. The molecule has 0 radical (unpaired) electrons. The summed E-state index contributed by atoms with van der Waals surface area (Å²) in [6, 6.07) is 0. The molecule has 23 heavy (non-hydrogen) atoms. The largest absolute Gasteiger partial charge is 0.478 e. The van der Waals surface area contributed by atoms with Crippen molar-refractivity contribution in [3.8, 4) is 0 Å². The van der Waals surface area contributed by atoms with E-state index < -0.39 is 5.97 Å². The number of rotatable bonds is 6. The molecule has 126 valence electrons. The number of likely N-dealkylation sites (N-methyl/N-ethyl adjacent to an activating group) is 1. The predicted molar refractivity (Wildman–Crippen MR) is 97.4 cm³/mol. The maximum Gasteiger partial charge on any atom is 0.328 e. The first kappa shape index (κ1) is 19.2. The third-order valence-corrected chi connectivity index (χ3v) is 4.42. The predicted octanol–water partition coefficient (Wildman–Crippen LogP) is 4.55. The highest BCUT2D eigenvalue weighted by molar-refractivity contribution is 5.81. The zero-order chi connectivity index (χ0) is 17.5. The summed E-state index contributed by atoms with van der Waals surface area (Å²) in [5.41, 5.74) is 4.74. The Bertz CT molecular complexity index is 591. The van der Waals surface area contributed by atoms with Gasteiger partial charge < -0.3 is 10.4 Å². The van der Waals surface area contributed by atoms with Crippen LogP contribution < -0.4 is 5.32 Å². The summed E-state index contributed by atoms with van der Waals surface area (Å²) in [7, 11) is 2.02. The fourth-order valence-electron chi connectivity index (χ4n) is 2.90. The third kappa shape index (κ3) is 6.03. The standard InChI is InChI=1S/C20H29NO2/c1-15(8-6-9-16(2)14-19(22)23)11-12-18-17(3)10-7-13-20(18,4)21-5/h6,8-9,11-12,14,21H,7,10,13H2,1-5H3,(H,22,23)/b9-6+,12-11+,15-8+,16-14+/t20-/m1/s1. The second-order valence-electron chi connectivity index (χ2n) is 6.46. The number of carbonyl (C=O) groups is 1. The van der Waals surface area contributed by atoms with Gasteiger partial charge in [-0.3, -0.25) is 0 Å². The van der Waals surface area contributed by atoms with Gasteiger partial charge in [-0.2, -0.15) is 0 Å². The van der Waals surface area contributed by atoms with Crippen LogP contribution in [0.3, 0.4) is 0 Å². The van der Waals surface area contributed by atoms with E-state index in [1.54, 1.807) is 13.0 Å². The number of carboxylic acids is 1. The quantitative estimate of drug-likeness (QED) is 0.558. The molecule has 0 unspecified atom stereocenters. The van der Waals surface area contributed by atoms with Crippen LogP contribution in [0.25, 0.3) is 0 Å². The average Bonchev–Trinajstić information content (AvgIpc) is 2.46. The minimum atomic E-state index is -0.918. The Labute approximate surface area is 140 Å². The van der Waals surface area contributed by atoms with Gasteiger partial charge in [0.15, 0.2) is 0 Å². The summed E-state index contributed by atoms with van der Waals surface area (Å²) in [4.78, 5) is 10.6. The minimum Gasteiger partial charge on any atom is -0.478 e. The molecule has 0 aromatic heterocycles. The third-order valence-electron chi connectivity index (χ3n) is 4.42. The minimum absolute atomic E-state index is 0.0514. The first-order valence-corrected chi connectivity index (χ1v) is 8.12. The van der Waals surface area contributed by atoms with Crippen molar-refractivity contribution in [1.29, 1.82) is 0 Å². The summed E-state index contributed by atoms with van der Waals surface area (Å²) >= 11 is 0. The highest BCUT2D eigenvalue weighted by Crippen LogP contribution is 2.34. The number of nitrogens with one attached hydrogen (secondary N) is 1. The van der Waals surface area contributed by atoms with Crippen LogP contribution in [-0.2, 0) is 4.79 Å². The van der Waals surface area contributed by atoms with Gasteiger partial charge >= 0.3 is 5.97 Å². The smallest absolute Gasteiger partial charge is 0.328 e. The van der Waals surface area contributed by atoms with Gasteiger partial charge in [0, 0.05) is 11.6 Å². The van der Waals surface area contributed by atoms with Crippen LogP contribution >= 0.6 is 0 Å². The Morgan fingerprint density at radius 1 is 1.26 bits per heavy atom. The molecule has 1 atom stereocenters. The fourth-order valence-corrected chi connectivity index (χ4v) is 2.90. The van der Waals surface area contributed by atoms with Crippen LogP contribution in [0.1, 0.15) is 47.0 Å². The Balaban J connectivity index is 2.85. The van der Waals surface area contributed by atoms with Gasteiger partial charge in [-0.05, 0) is 65.2 Å². The summed E-state index contributed by atoms with van der Waals surface area (Å²) < 4.78 is 0. The number of hydrogen-bond acceptors (Lipinski definition) is 2. The van der Waals surface area contributed by atoms with E-state index in [1.165, 1.54) is 30.1 Å². The van der Waals surface area contributed by atoms with Crippen molar-refractivity contribution in [3.63, 3.8) is 0 Å². The average molecular weight is 315 g/mol. The number of hydrogen-bond donors (Lipinski definition) is 2. The second kappa shape index (κ2) is 8.68. The van der Waals surface area contributed by atoms with E-state index in [0.29, 0.717) is 0 Å². The zero-order valence-electron chi connectivity index (χ0n) is 14.9. The van der Waals surface area contributed by atoms with E-state index in [1.807, 2.05) is 26.1 Å². The molecule has 0 aliphatic heterocycles. The molecule has 0 aromatic rings. The Hall–Kier alpha value is -1.87. The molecule has 3 heteroatoms. The summed E-state index contributed by atoms with van der Waals surface area (Å²) in [5, 5.41) is 12.1. The van der Waals surface area contributed by atoms with E-state index in [2.05, 4.69) is 31.3 Å². The van der Waals surface area contributed by atoms with E-state index in [4.69, 9.17) is 5.11 Å². The van der Waals surface area contributed by atoms with Crippen molar-refractivity contribution in [2.45, 2.75) is 52.5 Å². The molecule has 0 amide bonds. The molecular weight excluding hydrogens is 286 g/mol. The van der Waals surface area contributed by atoms with Crippen LogP contribution in [-0.4, -0.2) is 23.7 Å². The van der Waals surface area contributed by atoms with Crippen LogP contribution in [0.5, 0.6) is 0 Å². The molecule has 0 spiro atoms. The van der Waals surface area contributed by atoms with Gasteiger partial charge in [0.2, 0.25) is 0 Å². The molecule has 3 nitrogen and oxygen atoms in total.